The smallest absolute Gasteiger partial charge is 0.306 e. The Morgan fingerprint density at radius 3 is 2.00 bits per heavy atom. The van der Waals surface area contributed by atoms with Crippen LogP contribution in [-0.4, -0.2) is 50.4 Å². The van der Waals surface area contributed by atoms with Gasteiger partial charge in [0.15, 0.2) is 0 Å². The Balaban J connectivity index is 4.29. The molecule has 0 bridgehead atoms. The van der Waals surface area contributed by atoms with Crippen molar-refractivity contribution in [3.05, 3.63) is 0 Å². The third kappa shape index (κ3) is 9.89. The summed E-state index contributed by atoms with van der Waals surface area (Å²) in [5, 5.41) is 26.0. The van der Waals surface area contributed by atoms with E-state index in [0.29, 0.717) is 12.8 Å². The molecule has 0 aliphatic heterocycles. The molecule has 0 spiro atoms. The highest BCUT2D eigenvalue weighted by Crippen LogP contribution is 2.44. The fourth-order valence-corrected chi connectivity index (χ4v) is 4.52. The molecule has 0 aromatic carbocycles. The second kappa shape index (κ2) is 9.05. The number of unbranched alkanes of at least 4 members (excludes halogenated alkanes) is 1. The fourth-order valence-electron chi connectivity index (χ4n) is 1.66. The predicted molar refractivity (Wildman–Crippen MR) is 75.7 cm³/mol. The minimum atomic E-state index is -2.86. The van der Waals surface area contributed by atoms with Crippen LogP contribution in [0.15, 0.2) is 0 Å². The molecule has 7 nitrogen and oxygen atoms in total. The number of hydrogen-bond donors (Lipinski definition) is 4. The molecule has 0 saturated heterocycles. The molecule has 20 heavy (non-hydrogen) atoms. The molecule has 4 N–H and O–H groups in total. The summed E-state index contributed by atoms with van der Waals surface area (Å²) in [5.41, 5.74) is 0. The molecule has 0 rings (SSSR count). The van der Waals surface area contributed by atoms with Crippen molar-refractivity contribution in [2.75, 3.05) is 12.3 Å². The van der Waals surface area contributed by atoms with E-state index in [9.17, 15) is 19.3 Å². The maximum atomic E-state index is 11.0. The molecule has 0 aliphatic carbocycles. The molecule has 0 radical (unpaired) electrons. The van der Waals surface area contributed by atoms with Crippen molar-refractivity contribution in [2.45, 2.75) is 32.1 Å². The highest BCUT2D eigenvalue weighted by atomic mass is 32.4. The maximum absolute atomic E-state index is 11.0. The molecule has 0 aromatic heterocycles. The largest absolute Gasteiger partial charge is 0.481 e. The number of carbonyl (C=O) groups is 3. The van der Waals surface area contributed by atoms with Crippen LogP contribution in [0.3, 0.4) is 0 Å². The van der Waals surface area contributed by atoms with Gasteiger partial charge in [0.1, 0.15) is 0 Å². The lowest BCUT2D eigenvalue weighted by Crippen LogP contribution is -2.20. The van der Waals surface area contributed by atoms with E-state index in [0.717, 1.165) is 0 Å². The molecule has 0 aliphatic rings. The third-order valence-corrected chi connectivity index (χ3v) is 5.73. The zero-order valence-electron chi connectivity index (χ0n) is 10.9. The Hall–Kier alpha value is -0.980. The average molecular weight is 326 g/mol. The standard InChI is InChI=1S/C11H19O7PS/c12-9(13)3-1-2-6-19(18,20)7-8(11(16)17)4-5-10(14)15/h8H,1-7H2,(H,12,13)(H,14,15)(H,16,17)(H,18,20). The van der Waals surface area contributed by atoms with Crippen LogP contribution in [0, 0.1) is 5.92 Å². The van der Waals surface area contributed by atoms with Crippen LogP contribution in [0.2, 0.25) is 0 Å². The number of carboxylic acid groups (broad SMARTS) is 3. The average Bonchev–Trinajstić information content (AvgIpc) is 2.29. The molecule has 0 heterocycles. The highest BCUT2D eigenvalue weighted by molar-refractivity contribution is 8.11. The van der Waals surface area contributed by atoms with Crippen molar-refractivity contribution in [1.29, 1.82) is 0 Å². The molecule has 0 saturated carbocycles. The summed E-state index contributed by atoms with van der Waals surface area (Å²) in [4.78, 5) is 41.8. The van der Waals surface area contributed by atoms with E-state index >= 15 is 0 Å². The van der Waals surface area contributed by atoms with E-state index in [1.807, 2.05) is 0 Å². The van der Waals surface area contributed by atoms with E-state index in [1.54, 1.807) is 0 Å². The normalized spacial score (nSPS) is 15.2. The number of aliphatic carboxylic acids is 3. The van der Waals surface area contributed by atoms with Gasteiger partial charge in [-0.05, 0) is 25.4 Å². The van der Waals surface area contributed by atoms with Gasteiger partial charge in [-0.3, -0.25) is 14.4 Å². The second-order valence-electron chi connectivity index (χ2n) is 4.57. The quantitative estimate of drug-likeness (QED) is 0.329. The zero-order valence-corrected chi connectivity index (χ0v) is 12.6. The topological polar surface area (TPSA) is 132 Å². The Bertz CT molecular complexity index is 410. The lowest BCUT2D eigenvalue weighted by atomic mass is 10.1. The summed E-state index contributed by atoms with van der Waals surface area (Å²) < 4.78 is 0. The monoisotopic (exact) mass is 326 g/mol. The molecule has 0 aromatic rings. The second-order valence-corrected chi connectivity index (χ2v) is 9.11. The van der Waals surface area contributed by atoms with Gasteiger partial charge in [-0.15, -0.1) is 0 Å². The molecule has 2 atom stereocenters. The van der Waals surface area contributed by atoms with Gasteiger partial charge >= 0.3 is 17.9 Å². The van der Waals surface area contributed by atoms with Gasteiger partial charge in [0.2, 0.25) is 0 Å². The van der Waals surface area contributed by atoms with E-state index in [4.69, 9.17) is 27.1 Å². The molecular formula is C11H19O7PS. The molecule has 9 heteroatoms. The fraction of sp³-hybridized carbons (Fsp3) is 0.727. The van der Waals surface area contributed by atoms with Crippen molar-refractivity contribution < 1.29 is 34.6 Å². The summed E-state index contributed by atoms with van der Waals surface area (Å²) in [6.07, 6.45) is -2.33. The first-order valence-electron chi connectivity index (χ1n) is 6.11. The first kappa shape index (κ1) is 19.0. The van der Waals surface area contributed by atoms with Crippen LogP contribution in [-0.2, 0) is 26.2 Å². The van der Waals surface area contributed by atoms with E-state index in [2.05, 4.69) is 0 Å². The minimum Gasteiger partial charge on any atom is -0.481 e. The summed E-state index contributed by atoms with van der Waals surface area (Å²) in [7, 11) is 0. The Morgan fingerprint density at radius 2 is 1.55 bits per heavy atom. The van der Waals surface area contributed by atoms with Crippen LogP contribution in [0.5, 0.6) is 0 Å². The van der Waals surface area contributed by atoms with Gasteiger partial charge in [-0.2, -0.15) is 0 Å². The van der Waals surface area contributed by atoms with Gasteiger partial charge in [-0.1, -0.05) is 11.8 Å². The van der Waals surface area contributed by atoms with Gasteiger partial charge < -0.3 is 20.2 Å². The highest BCUT2D eigenvalue weighted by Gasteiger charge is 2.26. The summed E-state index contributed by atoms with van der Waals surface area (Å²) in [6, 6.07) is 0. The lowest BCUT2D eigenvalue weighted by molar-refractivity contribution is -0.142. The van der Waals surface area contributed by atoms with Crippen LogP contribution in [0.1, 0.15) is 32.1 Å². The van der Waals surface area contributed by atoms with Gasteiger partial charge in [-0.25, -0.2) is 0 Å². The molecular weight excluding hydrogens is 307 g/mol. The van der Waals surface area contributed by atoms with Crippen LogP contribution in [0.25, 0.3) is 0 Å². The molecule has 2 unspecified atom stereocenters. The van der Waals surface area contributed by atoms with Crippen LogP contribution >= 0.6 is 6.26 Å². The molecule has 0 fully saturated rings. The van der Waals surface area contributed by atoms with Crippen LogP contribution in [0.4, 0.5) is 0 Å². The Labute approximate surface area is 121 Å². The predicted octanol–water partition coefficient (Wildman–Crippen LogP) is 1.19. The van der Waals surface area contributed by atoms with Crippen molar-refractivity contribution in [3.8, 4) is 0 Å². The van der Waals surface area contributed by atoms with Crippen molar-refractivity contribution >= 4 is 36.0 Å². The third-order valence-electron chi connectivity index (χ3n) is 2.71. The Kier molecular flexibility index (Phi) is 8.60. The maximum Gasteiger partial charge on any atom is 0.306 e. The molecule has 0 amide bonds. The van der Waals surface area contributed by atoms with E-state index in [-0.39, 0.29) is 31.6 Å². The summed E-state index contributed by atoms with van der Waals surface area (Å²) >= 11 is 5.01. The van der Waals surface area contributed by atoms with Gasteiger partial charge in [0.05, 0.1) is 12.2 Å². The minimum absolute atomic E-state index is 0.0172. The summed E-state index contributed by atoms with van der Waals surface area (Å²) in [6.45, 7) is 0. The number of rotatable bonds is 11. The van der Waals surface area contributed by atoms with Gasteiger partial charge in [0.25, 0.3) is 0 Å². The zero-order chi connectivity index (χ0) is 15.8. The Morgan fingerprint density at radius 1 is 1.00 bits per heavy atom. The van der Waals surface area contributed by atoms with E-state index in [1.165, 1.54) is 0 Å². The summed E-state index contributed by atoms with van der Waals surface area (Å²) in [5.74, 6) is -4.16. The number of hydrogen-bond acceptors (Lipinski definition) is 4. The van der Waals surface area contributed by atoms with Crippen molar-refractivity contribution in [3.63, 3.8) is 0 Å². The van der Waals surface area contributed by atoms with Crippen molar-refractivity contribution in [2.24, 2.45) is 5.92 Å². The first-order chi connectivity index (χ1) is 9.14. The van der Waals surface area contributed by atoms with Gasteiger partial charge in [0, 0.05) is 19.0 Å². The van der Waals surface area contributed by atoms with Crippen LogP contribution < -0.4 is 0 Å². The number of carboxylic acids is 3. The lowest BCUT2D eigenvalue weighted by Gasteiger charge is -2.19. The molecule has 116 valence electrons. The van der Waals surface area contributed by atoms with E-state index < -0.39 is 30.1 Å². The van der Waals surface area contributed by atoms with Crippen molar-refractivity contribution in [1.82, 2.24) is 0 Å². The SMILES string of the molecule is O=C(O)CCCCP(O)(=S)CC(CCC(=O)O)C(=O)O. The first-order valence-corrected chi connectivity index (χ1v) is 9.24.